The fraction of sp³-hybridized carbons (Fsp3) is 0.368. The zero-order valence-electron chi connectivity index (χ0n) is 13.9. The van der Waals surface area contributed by atoms with Gasteiger partial charge in [-0.2, -0.15) is 0 Å². The Labute approximate surface area is 145 Å². The lowest BCUT2D eigenvalue weighted by atomic mass is 9.87. The highest BCUT2D eigenvalue weighted by Gasteiger charge is 2.44. The highest BCUT2D eigenvalue weighted by atomic mass is 19.1. The fourth-order valence-corrected chi connectivity index (χ4v) is 4.21. The molecule has 3 aliphatic heterocycles. The topological polar surface area (TPSA) is 36.7 Å². The van der Waals surface area contributed by atoms with Crippen molar-refractivity contribution in [3.05, 3.63) is 66.1 Å². The van der Waals surface area contributed by atoms with Crippen molar-refractivity contribution in [2.45, 2.75) is 31.6 Å². The molecule has 3 aromatic rings. The number of piperidine rings is 1. The molecule has 2 atom stereocenters. The van der Waals surface area contributed by atoms with E-state index in [-0.39, 0.29) is 5.82 Å². The predicted octanol–water partition coefficient (Wildman–Crippen LogP) is 2.33. The number of imidazole rings is 1. The zero-order valence-corrected chi connectivity index (χ0v) is 13.9. The third-order valence-electron chi connectivity index (χ3n) is 5.35. The lowest BCUT2D eigenvalue weighted by Gasteiger charge is -2.56. The van der Waals surface area contributed by atoms with Crippen LogP contribution in [-0.4, -0.2) is 49.3 Å². The highest BCUT2D eigenvalue weighted by Crippen LogP contribution is 2.34. The van der Waals surface area contributed by atoms with E-state index >= 15 is 0 Å². The molecular formula is C19H20FN5. The summed E-state index contributed by atoms with van der Waals surface area (Å²) in [6, 6.07) is 8.81. The third kappa shape index (κ3) is 2.81. The van der Waals surface area contributed by atoms with Gasteiger partial charge in [-0.05, 0) is 30.2 Å². The summed E-state index contributed by atoms with van der Waals surface area (Å²) in [5, 5.41) is 0. The van der Waals surface area contributed by atoms with Gasteiger partial charge in [0.1, 0.15) is 11.5 Å². The first-order valence-corrected chi connectivity index (χ1v) is 8.75. The third-order valence-corrected chi connectivity index (χ3v) is 5.35. The molecular weight excluding hydrogens is 317 g/mol. The van der Waals surface area contributed by atoms with Gasteiger partial charge in [0.2, 0.25) is 0 Å². The molecule has 3 aromatic heterocycles. The van der Waals surface area contributed by atoms with Crippen LogP contribution in [0.25, 0.3) is 5.65 Å². The molecule has 2 unspecified atom stereocenters. The summed E-state index contributed by atoms with van der Waals surface area (Å²) in [6.45, 7) is 3.74. The molecule has 3 fully saturated rings. The molecule has 6 rings (SSSR count). The summed E-state index contributed by atoms with van der Waals surface area (Å²) in [5.74, 6) is -0.256. The number of aromatic nitrogens is 3. The van der Waals surface area contributed by atoms with Crippen molar-refractivity contribution in [1.29, 1.82) is 0 Å². The monoisotopic (exact) mass is 337 g/mol. The summed E-state index contributed by atoms with van der Waals surface area (Å²) in [5.41, 5.74) is 3.08. The van der Waals surface area contributed by atoms with Crippen LogP contribution in [-0.2, 0) is 13.1 Å². The van der Waals surface area contributed by atoms with Crippen molar-refractivity contribution in [3.63, 3.8) is 0 Å². The quantitative estimate of drug-likeness (QED) is 0.732. The lowest BCUT2D eigenvalue weighted by Crippen LogP contribution is -2.67. The smallest absolute Gasteiger partial charge is 0.141 e. The minimum absolute atomic E-state index is 0.256. The number of fused-ring (bicyclic) bond motifs is 3. The number of piperazine rings is 1. The van der Waals surface area contributed by atoms with Gasteiger partial charge >= 0.3 is 0 Å². The van der Waals surface area contributed by atoms with Crippen LogP contribution in [0.3, 0.4) is 0 Å². The average Bonchev–Trinajstić information content (AvgIpc) is 3.02. The molecule has 0 aromatic carbocycles. The Bertz CT molecular complexity index is 862. The van der Waals surface area contributed by atoms with Gasteiger partial charge in [-0.3, -0.25) is 14.8 Å². The number of halogens is 1. The maximum absolute atomic E-state index is 13.3. The fourth-order valence-electron chi connectivity index (χ4n) is 4.21. The summed E-state index contributed by atoms with van der Waals surface area (Å²) < 4.78 is 15.4. The van der Waals surface area contributed by atoms with Gasteiger partial charge in [0.25, 0.3) is 0 Å². The number of pyridine rings is 2. The van der Waals surface area contributed by atoms with Crippen molar-refractivity contribution in [1.82, 2.24) is 24.2 Å². The van der Waals surface area contributed by atoms with E-state index in [2.05, 4.69) is 25.4 Å². The average molecular weight is 337 g/mol. The molecule has 2 bridgehead atoms. The second-order valence-electron chi connectivity index (χ2n) is 7.12. The molecule has 0 N–H and O–H groups in total. The SMILES string of the molecule is Fc1cncc(CN2CC3CC(C2)N3Cc2cn3ccccc3n2)c1. The van der Waals surface area contributed by atoms with E-state index in [4.69, 9.17) is 4.98 Å². The molecule has 0 aliphatic carbocycles. The predicted molar refractivity (Wildman–Crippen MR) is 92.4 cm³/mol. The van der Waals surface area contributed by atoms with E-state index in [9.17, 15) is 4.39 Å². The summed E-state index contributed by atoms with van der Waals surface area (Å²) in [7, 11) is 0. The molecule has 128 valence electrons. The molecule has 5 nitrogen and oxygen atoms in total. The van der Waals surface area contributed by atoms with Crippen molar-refractivity contribution in [2.75, 3.05) is 13.1 Å². The number of hydrogen-bond donors (Lipinski definition) is 0. The Morgan fingerprint density at radius 2 is 2.00 bits per heavy atom. The molecule has 0 amide bonds. The molecule has 3 saturated heterocycles. The second-order valence-corrected chi connectivity index (χ2v) is 7.12. The largest absolute Gasteiger partial charge is 0.307 e. The van der Waals surface area contributed by atoms with Gasteiger partial charge in [-0.1, -0.05) is 6.07 Å². The zero-order chi connectivity index (χ0) is 16.8. The van der Waals surface area contributed by atoms with Crippen molar-refractivity contribution >= 4 is 5.65 Å². The van der Waals surface area contributed by atoms with Gasteiger partial charge in [-0.25, -0.2) is 9.37 Å². The van der Waals surface area contributed by atoms with Crippen LogP contribution in [0.2, 0.25) is 0 Å². The second kappa shape index (κ2) is 5.89. The number of nitrogens with zero attached hydrogens (tertiary/aromatic N) is 5. The Morgan fingerprint density at radius 3 is 2.80 bits per heavy atom. The van der Waals surface area contributed by atoms with E-state index in [0.29, 0.717) is 12.1 Å². The van der Waals surface area contributed by atoms with Gasteiger partial charge < -0.3 is 4.40 Å². The Hall–Kier alpha value is -2.31. The van der Waals surface area contributed by atoms with Gasteiger partial charge in [-0.15, -0.1) is 0 Å². The maximum Gasteiger partial charge on any atom is 0.141 e. The van der Waals surface area contributed by atoms with E-state index in [1.807, 2.05) is 24.4 Å². The number of rotatable bonds is 4. The van der Waals surface area contributed by atoms with E-state index < -0.39 is 0 Å². The van der Waals surface area contributed by atoms with Crippen LogP contribution in [0.1, 0.15) is 17.7 Å². The van der Waals surface area contributed by atoms with Gasteiger partial charge in [0.05, 0.1) is 11.9 Å². The van der Waals surface area contributed by atoms with Crippen LogP contribution in [0, 0.1) is 5.82 Å². The molecule has 6 heterocycles. The van der Waals surface area contributed by atoms with Gasteiger partial charge in [0.15, 0.2) is 0 Å². The molecule has 3 aliphatic rings. The van der Waals surface area contributed by atoms with Crippen molar-refractivity contribution in [3.8, 4) is 0 Å². The first-order valence-electron chi connectivity index (χ1n) is 8.75. The molecule has 6 heteroatoms. The van der Waals surface area contributed by atoms with Crippen LogP contribution < -0.4 is 0 Å². The highest BCUT2D eigenvalue weighted by molar-refractivity contribution is 5.39. The van der Waals surface area contributed by atoms with Crippen LogP contribution in [0.4, 0.5) is 4.39 Å². The maximum atomic E-state index is 13.3. The normalized spacial score (nSPS) is 23.7. The molecule has 0 spiro atoms. The Morgan fingerprint density at radius 1 is 1.12 bits per heavy atom. The van der Waals surface area contributed by atoms with E-state index in [1.54, 1.807) is 12.3 Å². The van der Waals surface area contributed by atoms with Gasteiger partial charge in [0, 0.05) is 56.9 Å². The van der Waals surface area contributed by atoms with Crippen LogP contribution in [0.15, 0.2) is 49.1 Å². The molecule has 25 heavy (non-hydrogen) atoms. The standard InChI is InChI=1S/C19H20FN5/c20-15-5-14(7-21-8-15)9-23-12-17-6-18(13-23)25(17)11-16-10-24-4-2-1-3-19(24)22-16/h1-5,7-8,10,17-18H,6,9,11-13H2. The Kier molecular flexibility index (Phi) is 3.53. The first-order chi connectivity index (χ1) is 12.2. The minimum atomic E-state index is -0.256. The minimum Gasteiger partial charge on any atom is -0.307 e. The first kappa shape index (κ1) is 15.0. The molecule has 0 radical (unpaired) electrons. The van der Waals surface area contributed by atoms with Crippen molar-refractivity contribution < 1.29 is 4.39 Å². The van der Waals surface area contributed by atoms with Crippen molar-refractivity contribution in [2.24, 2.45) is 0 Å². The van der Waals surface area contributed by atoms with Crippen LogP contribution in [0.5, 0.6) is 0 Å². The van der Waals surface area contributed by atoms with Crippen LogP contribution >= 0.6 is 0 Å². The summed E-state index contributed by atoms with van der Waals surface area (Å²) in [4.78, 5) is 13.6. The van der Waals surface area contributed by atoms with E-state index in [1.165, 1.54) is 12.6 Å². The summed E-state index contributed by atoms with van der Waals surface area (Å²) in [6.07, 6.45) is 8.44. The Balaban J connectivity index is 1.24. The van der Waals surface area contributed by atoms with E-state index in [0.717, 1.165) is 43.1 Å². The summed E-state index contributed by atoms with van der Waals surface area (Å²) >= 11 is 0. The molecule has 0 saturated carbocycles. The number of hydrogen-bond acceptors (Lipinski definition) is 4. The lowest BCUT2D eigenvalue weighted by molar-refractivity contribution is -0.0780.